The van der Waals surface area contributed by atoms with Crippen molar-refractivity contribution in [2.75, 3.05) is 6.61 Å². The van der Waals surface area contributed by atoms with E-state index >= 15 is 0 Å². The van der Waals surface area contributed by atoms with Crippen LogP contribution in [0.4, 0.5) is 0 Å². The van der Waals surface area contributed by atoms with Gasteiger partial charge in [0.2, 0.25) is 0 Å². The third kappa shape index (κ3) is 4.99. The van der Waals surface area contributed by atoms with Gasteiger partial charge in [0.1, 0.15) is 5.75 Å². The van der Waals surface area contributed by atoms with Gasteiger partial charge in [0, 0.05) is 0 Å². The highest BCUT2D eigenvalue weighted by Crippen LogP contribution is 2.07. The van der Waals surface area contributed by atoms with E-state index in [4.69, 9.17) is 4.74 Å². The molecule has 0 saturated carbocycles. The van der Waals surface area contributed by atoms with Gasteiger partial charge in [0.15, 0.2) is 6.61 Å². The number of benzene rings is 1. The third-order valence-corrected chi connectivity index (χ3v) is 1.73. The molecule has 7 heteroatoms. The number of para-hydroxylation sites is 1. The average molecular weight is 231 g/mol. The molecule has 0 aromatic heterocycles. The summed E-state index contributed by atoms with van der Waals surface area (Å²) in [4.78, 5) is 10.8. The molecule has 0 atom stereocenters. The van der Waals surface area contributed by atoms with E-state index in [-0.39, 0.29) is 0 Å². The van der Waals surface area contributed by atoms with Crippen molar-refractivity contribution in [1.29, 1.82) is 0 Å². The van der Waals surface area contributed by atoms with E-state index in [1.807, 2.05) is 0 Å². The first kappa shape index (κ1) is 11.5. The second-order valence-corrected chi connectivity index (χ2v) is 3.70. The number of hydrogen-bond donors (Lipinski definition) is 1. The van der Waals surface area contributed by atoms with Gasteiger partial charge in [-0.05, 0) is 12.1 Å². The van der Waals surface area contributed by atoms with Crippen LogP contribution in [0, 0.1) is 0 Å². The Labute approximate surface area is 86.9 Å². The van der Waals surface area contributed by atoms with E-state index < -0.39 is 22.9 Å². The molecule has 0 fully saturated rings. The lowest BCUT2D eigenvalue weighted by atomic mass is 10.3. The SMILES string of the molecule is NS(=O)(=O)OC(=O)COc1ccccc1. The molecule has 82 valence electrons. The summed E-state index contributed by atoms with van der Waals surface area (Å²) in [7, 11) is -4.26. The average Bonchev–Trinajstić information content (AvgIpc) is 2.14. The maximum Gasteiger partial charge on any atom is 0.382 e. The van der Waals surface area contributed by atoms with Crippen LogP contribution in [0.3, 0.4) is 0 Å². The van der Waals surface area contributed by atoms with Gasteiger partial charge in [-0.25, -0.2) is 4.79 Å². The Balaban J connectivity index is 2.42. The Morgan fingerprint density at radius 2 is 1.87 bits per heavy atom. The minimum atomic E-state index is -4.26. The van der Waals surface area contributed by atoms with Crippen molar-refractivity contribution in [1.82, 2.24) is 0 Å². The zero-order valence-electron chi connectivity index (χ0n) is 7.62. The predicted molar refractivity (Wildman–Crippen MR) is 51.1 cm³/mol. The second-order valence-electron chi connectivity index (χ2n) is 2.55. The van der Waals surface area contributed by atoms with Crippen molar-refractivity contribution in [3.63, 3.8) is 0 Å². The van der Waals surface area contributed by atoms with Gasteiger partial charge in [-0.15, -0.1) is 0 Å². The standard InChI is InChI=1S/C8H9NO5S/c9-15(11,12)14-8(10)6-13-7-4-2-1-3-5-7/h1-5H,6H2,(H2,9,11,12). The van der Waals surface area contributed by atoms with Crippen LogP contribution in [0.25, 0.3) is 0 Å². The zero-order valence-corrected chi connectivity index (χ0v) is 8.44. The fraction of sp³-hybridized carbons (Fsp3) is 0.125. The molecule has 0 radical (unpaired) electrons. The maximum absolute atomic E-state index is 10.8. The summed E-state index contributed by atoms with van der Waals surface area (Å²) >= 11 is 0. The number of carbonyl (C=O) groups is 1. The second kappa shape index (κ2) is 4.76. The summed E-state index contributed by atoms with van der Waals surface area (Å²) in [6, 6.07) is 8.42. The fourth-order valence-electron chi connectivity index (χ4n) is 0.813. The number of rotatable bonds is 4. The number of hydrogen-bond acceptors (Lipinski definition) is 5. The first-order valence-corrected chi connectivity index (χ1v) is 5.37. The van der Waals surface area contributed by atoms with Crippen LogP contribution in [-0.2, 0) is 19.3 Å². The lowest BCUT2D eigenvalue weighted by Crippen LogP contribution is -2.24. The van der Waals surface area contributed by atoms with Crippen LogP contribution in [0.15, 0.2) is 30.3 Å². The zero-order chi connectivity index (χ0) is 11.3. The Kier molecular flexibility index (Phi) is 3.64. The molecule has 1 aromatic carbocycles. The molecule has 1 rings (SSSR count). The summed E-state index contributed by atoms with van der Waals surface area (Å²) in [5.41, 5.74) is 0. The molecular formula is C8H9NO5S. The Morgan fingerprint density at radius 1 is 1.27 bits per heavy atom. The van der Waals surface area contributed by atoms with Gasteiger partial charge in [-0.3, -0.25) is 0 Å². The van der Waals surface area contributed by atoms with Crippen LogP contribution in [-0.4, -0.2) is 21.0 Å². The van der Waals surface area contributed by atoms with Crippen LogP contribution >= 0.6 is 0 Å². The largest absolute Gasteiger partial charge is 0.482 e. The van der Waals surface area contributed by atoms with E-state index in [9.17, 15) is 13.2 Å². The van der Waals surface area contributed by atoms with Gasteiger partial charge in [-0.1, -0.05) is 18.2 Å². The third-order valence-electron chi connectivity index (χ3n) is 1.31. The summed E-state index contributed by atoms with van der Waals surface area (Å²) in [5, 5.41) is 4.48. The van der Waals surface area contributed by atoms with Crippen molar-refractivity contribution in [2.24, 2.45) is 5.14 Å². The quantitative estimate of drug-likeness (QED) is 0.774. The molecule has 2 N–H and O–H groups in total. The van der Waals surface area contributed by atoms with E-state index in [1.165, 1.54) is 0 Å². The smallest absolute Gasteiger partial charge is 0.382 e. The maximum atomic E-state index is 10.8. The van der Waals surface area contributed by atoms with E-state index in [0.29, 0.717) is 5.75 Å². The summed E-state index contributed by atoms with van der Waals surface area (Å²) in [5.74, 6) is -0.634. The van der Waals surface area contributed by atoms with Crippen LogP contribution in [0.1, 0.15) is 0 Å². The molecule has 0 amide bonds. The van der Waals surface area contributed by atoms with Crippen molar-refractivity contribution in [3.05, 3.63) is 30.3 Å². The minimum absolute atomic E-state index is 0.434. The first-order chi connectivity index (χ1) is 6.97. The van der Waals surface area contributed by atoms with Crippen molar-refractivity contribution < 1.29 is 22.1 Å². The van der Waals surface area contributed by atoms with Gasteiger partial charge in [0.05, 0.1) is 0 Å². The molecule has 0 unspecified atom stereocenters. The van der Waals surface area contributed by atoms with E-state index in [1.54, 1.807) is 30.3 Å². The fourth-order valence-corrected chi connectivity index (χ4v) is 1.12. The number of ether oxygens (including phenoxy) is 1. The molecule has 0 bridgehead atoms. The van der Waals surface area contributed by atoms with E-state index in [0.717, 1.165) is 0 Å². The lowest BCUT2D eigenvalue weighted by Gasteiger charge is -2.04. The van der Waals surface area contributed by atoms with Crippen LogP contribution < -0.4 is 9.88 Å². The van der Waals surface area contributed by atoms with E-state index in [2.05, 4.69) is 9.32 Å². The van der Waals surface area contributed by atoms with Gasteiger partial charge in [0.25, 0.3) is 0 Å². The molecule has 6 nitrogen and oxygen atoms in total. The summed E-state index contributed by atoms with van der Waals surface area (Å²) in [6.45, 7) is -0.513. The van der Waals surface area contributed by atoms with Gasteiger partial charge >= 0.3 is 16.3 Å². The normalized spacial score (nSPS) is 10.7. The minimum Gasteiger partial charge on any atom is -0.482 e. The first-order valence-electron chi connectivity index (χ1n) is 3.90. The molecule has 0 aliphatic rings. The topological polar surface area (TPSA) is 95.7 Å². The molecule has 1 aromatic rings. The molecular weight excluding hydrogens is 222 g/mol. The summed E-state index contributed by atoms with van der Waals surface area (Å²) < 4.78 is 29.4. The highest BCUT2D eigenvalue weighted by Gasteiger charge is 2.11. The molecule has 0 aliphatic heterocycles. The highest BCUT2D eigenvalue weighted by molar-refractivity contribution is 7.84. The molecule has 15 heavy (non-hydrogen) atoms. The van der Waals surface area contributed by atoms with Crippen LogP contribution in [0.2, 0.25) is 0 Å². The van der Waals surface area contributed by atoms with Gasteiger partial charge < -0.3 is 8.92 Å². The number of nitrogens with two attached hydrogens (primary N) is 1. The predicted octanol–water partition coefficient (Wildman–Crippen LogP) is -0.188. The molecule has 0 aliphatic carbocycles. The molecule has 0 heterocycles. The molecule has 0 spiro atoms. The van der Waals surface area contributed by atoms with Crippen molar-refractivity contribution in [2.45, 2.75) is 0 Å². The van der Waals surface area contributed by atoms with Crippen molar-refractivity contribution in [3.8, 4) is 5.75 Å². The summed E-state index contributed by atoms with van der Waals surface area (Å²) in [6.07, 6.45) is 0. The van der Waals surface area contributed by atoms with Crippen molar-refractivity contribution >= 4 is 16.3 Å². The van der Waals surface area contributed by atoms with Gasteiger partial charge in [-0.2, -0.15) is 13.6 Å². The highest BCUT2D eigenvalue weighted by atomic mass is 32.2. The Morgan fingerprint density at radius 3 is 2.40 bits per heavy atom. The van der Waals surface area contributed by atoms with Crippen LogP contribution in [0.5, 0.6) is 5.75 Å². The molecule has 0 saturated heterocycles. The lowest BCUT2D eigenvalue weighted by molar-refractivity contribution is -0.136. The monoisotopic (exact) mass is 231 g/mol. The Hall–Kier alpha value is -1.60. The number of carbonyl (C=O) groups excluding carboxylic acids is 1. The Bertz CT molecular complexity index is 428.